The van der Waals surface area contributed by atoms with E-state index >= 15 is 0 Å². The van der Waals surface area contributed by atoms with E-state index in [9.17, 15) is 4.79 Å². The normalized spacial score (nSPS) is 14.4. The first kappa shape index (κ1) is 11.4. The number of carbonyl (C=O) groups excluding carboxylic acids is 1. The lowest BCUT2D eigenvalue weighted by Crippen LogP contribution is -2.39. The van der Waals surface area contributed by atoms with Gasteiger partial charge in [0, 0.05) is 18.4 Å². The number of nitrogens with one attached hydrogen (secondary N) is 1. The van der Waals surface area contributed by atoms with Crippen molar-refractivity contribution in [1.82, 2.24) is 5.32 Å². The molecule has 15 heavy (non-hydrogen) atoms. The highest BCUT2D eigenvalue weighted by atomic mass is 35.5. The zero-order chi connectivity index (χ0) is 9.97. The van der Waals surface area contributed by atoms with E-state index in [4.69, 9.17) is 5.73 Å². The largest absolute Gasteiger partial charge is 0.399 e. The molecular weight excluding hydrogens is 214 g/mol. The van der Waals surface area contributed by atoms with Crippen LogP contribution in [-0.4, -0.2) is 12.6 Å². The summed E-state index contributed by atoms with van der Waals surface area (Å²) in [5, 5.41) is 2.71. The first-order valence-corrected chi connectivity index (χ1v) is 4.36. The second-order valence-electron chi connectivity index (χ2n) is 3.03. The maximum atomic E-state index is 11.4. The standard InChI is InChI=1S/C10H11N3O.ClH/c11-8-2-4-9(5-3-8)13-7-1-6-12-10(13)14;/h1-5,7H,6,11H2,(H,12,14);1H. The highest BCUT2D eigenvalue weighted by Gasteiger charge is 2.14. The molecule has 1 aliphatic heterocycles. The van der Waals surface area contributed by atoms with Gasteiger partial charge in [-0.15, -0.1) is 12.4 Å². The molecule has 0 atom stereocenters. The van der Waals surface area contributed by atoms with Crippen LogP contribution in [0.4, 0.5) is 16.2 Å². The quantitative estimate of drug-likeness (QED) is 0.716. The van der Waals surface area contributed by atoms with Crippen molar-refractivity contribution in [1.29, 1.82) is 0 Å². The number of urea groups is 1. The van der Waals surface area contributed by atoms with Gasteiger partial charge >= 0.3 is 6.03 Å². The van der Waals surface area contributed by atoms with E-state index < -0.39 is 0 Å². The van der Waals surface area contributed by atoms with E-state index in [1.807, 2.05) is 18.2 Å². The summed E-state index contributed by atoms with van der Waals surface area (Å²) >= 11 is 0. The number of nitrogens with zero attached hydrogens (tertiary/aromatic N) is 1. The molecule has 5 heteroatoms. The number of nitrogens with two attached hydrogens (primary N) is 1. The highest BCUT2D eigenvalue weighted by molar-refractivity contribution is 5.94. The first-order chi connectivity index (χ1) is 6.77. The fourth-order valence-corrected chi connectivity index (χ4v) is 1.30. The Morgan fingerprint density at radius 3 is 2.53 bits per heavy atom. The Bertz CT molecular complexity index is 375. The maximum absolute atomic E-state index is 11.4. The second-order valence-corrected chi connectivity index (χ2v) is 3.03. The zero-order valence-corrected chi connectivity index (χ0v) is 8.83. The van der Waals surface area contributed by atoms with Crippen molar-refractivity contribution in [3.63, 3.8) is 0 Å². The van der Waals surface area contributed by atoms with Crippen LogP contribution < -0.4 is 16.0 Å². The van der Waals surface area contributed by atoms with E-state index in [1.165, 1.54) is 0 Å². The van der Waals surface area contributed by atoms with Crippen molar-refractivity contribution < 1.29 is 4.79 Å². The third kappa shape index (κ3) is 2.41. The molecule has 0 saturated carbocycles. The van der Waals surface area contributed by atoms with Gasteiger partial charge in [0.1, 0.15) is 0 Å². The first-order valence-electron chi connectivity index (χ1n) is 4.36. The Kier molecular flexibility index (Phi) is 3.57. The number of anilines is 2. The molecule has 0 aliphatic carbocycles. The molecule has 1 heterocycles. The average molecular weight is 226 g/mol. The summed E-state index contributed by atoms with van der Waals surface area (Å²) in [6.07, 6.45) is 3.64. The molecule has 1 aromatic rings. The molecule has 3 N–H and O–H groups in total. The number of hydrogen-bond donors (Lipinski definition) is 2. The molecule has 0 radical (unpaired) electrons. The van der Waals surface area contributed by atoms with Gasteiger partial charge in [-0.05, 0) is 30.3 Å². The summed E-state index contributed by atoms with van der Waals surface area (Å²) < 4.78 is 0. The minimum atomic E-state index is -0.114. The molecule has 0 bridgehead atoms. The molecule has 2 amide bonds. The van der Waals surface area contributed by atoms with Crippen LogP contribution in [0.15, 0.2) is 36.5 Å². The number of halogens is 1. The Balaban J connectivity index is 0.00000112. The lowest BCUT2D eigenvalue weighted by molar-refractivity contribution is 0.248. The summed E-state index contributed by atoms with van der Waals surface area (Å²) in [6.45, 7) is 0.588. The molecule has 0 saturated heterocycles. The Morgan fingerprint density at radius 2 is 1.93 bits per heavy atom. The summed E-state index contributed by atoms with van der Waals surface area (Å²) in [5.41, 5.74) is 7.06. The van der Waals surface area contributed by atoms with Crippen molar-refractivity contribution in [2.75, 3.05) is 17.2 Å². The van der Waals surface area contributed by atoms with Crippen molar-refractivity contribution in [3.8, 4) is 0 Å². The lowest BCUT2D eigenvalue weighted by atomic mass is 10.2. The molecular formula is C10H12ClN3O. The minimum Gasteiger partial charge on any atom is -0.399 e. The zero-order valence-electron chi connectivity index (χ0n) is 8.01. The van der Waals surface area contributed by atoms with Gasteiger partial charge in [-0.25, -0.2) is 4.79 Å². The van der Waals surface area contributed by atoms with Crippen LogP contribution in [-0.2, 0) is 0 Å². The third-order valence-electron chi connectivity index (χ3n) is 2.02. The van der Waals surface area contributed by atoms with Gasteiger partial charge in [0.05, 0.1) is 5.69 Å². The van der Waals surface area contributed by atoms with E-state index in [-0.39, 0.29) is 18.4 Å². The molecule has 0 spiro atoms. The van der Waals surface area contributed by atoms with Crippen molar-refractivity contribution in [2.45, 2.75) is 0 Å². The van der Waals surface area contributed by atoms with Gasteiger partial charge in [0.2, 0.25) is 0 Å². The van der Waals surface area contributed by atoms with Crippen LogP contribution in [0.5, 0.6) is 0 Å². The van der Waals surface area contributed by atoms with Gasteiger partial charge in [0.15, 0.2) is 0 Å². The summed E-state index contributed by atoms with van der Waals surface area (Å²) in [6, 6.07) is 7.04. The number of carbonyl (C=O) groups is 1. The number of benzene rings is 1. The monoisotopic (exact) mass is 225 g/mol. The molecule has 2 rings (SSSR count). The van der Waals surface area contributed by atoms with Crippen LogP contribution in [0.25, 0.3) is 0 Å². The van der Waals surface area contributed by atoms with E-state index in [0.29, 0.717) is 12.2 Å². The van der Waals surface area contributed by atoms with Gasteiger partial charge in [-0.1, -0.05) is 0 Å². The average Bonchev–Trinajstić information content (AvgIpc) is 2.20. The third-order valence-corrected chi connectivity index (χ3v) is 2.02. The predicted octanol–water partition coefficient (Wildman–Crippen LogP) is 1.73. The number of nitrogen functional groups attached to an aromatic ring is 1. The molecule has 1 aliphatic rings. The van der Waals surface area contributed by atoms with Crippen LogP contribution in [0.2, 0.25) is 0 Å². The highest BCUT2D eigenvalue weighted by Crippen LogP contribution is 2.17. The van der Waals surface area contributed by atoms with Crippen molar-refractivity contribution in [2.24, 2.45) is 0 Å². The van der Waals surface area contributed by atoms with Crippen LogP contribution in [0.3, 0.4) is 0 Å². The summed E-state index contributed by atoms with van der Waals surface area (Å²) in [7, 11) is 0. The minimum absolute atomic E-state index is 0. The van der Waals surface area contributed by atoms with Crippen LogP contribution in [0, 0.1) is 0 Å². The maximum Gasteiger partial charge on any atom is 0.326 e. The number of rotatable bonds is 1. The van der Waals surface area contributed by atoms with Crippen LogP contribution >= 0.6 is 12.4 Å². The fraction of sp³-hybridized carbons (Fsp3) is 0.100. The SMILES string of the molecule is Cl.Nc1ccc(N2C=CCNC2=O)cc1. The molecule has 1 aromatic carbocycles. The van der Waals surface area contributed by atoms with Gasteiger partial charge in [-0.3, -0.25) is 4.90 Å². The molecule has 0 unspecified atom stereocenters. The van der Waals surface area contributed by atoms with E-state index in [2.05, 4.69) is 5.32 Å². The molecule has 0 aromatic heterocycles. The van der Waals surface area contributed by atoms with E-state index in [1.54, 1.807) is 23.2 Å². The van der Waals surface area contributed by atoms with Gasteiger partial charge in [-0.2, -0.15) is 0 Å². The molecule has 0 fully saturated rings. The molecule has 4 nitrogen and oxygen atoms in total. The van der Waals surface area contributed by atoms with E-state index in [0.717, 1.165) is 5.69 Å². The smallest absolute Gasteiger partial charge is 0.326 e. The van der Waals surface area contributed by atoms with Crippen LogP contribution in [0.1, 0.15) is 0 Å². The van der Waals surface area contributed by atoms with Crippen molar-refractivity contribution in [3.05, 3.63) is 36.5 Å². The lowest BCUT2D eigenvalue weighted by Gasteiger charge is -2.22. The number of hydrogen-bond acceptors (Lipinski definition) is 2. The number of amides is 2. The molecule has 80 valence electrons. The van der Waals surface area contributed by atoms with Gasteiger partial charge < -0.3 is 11.1 Å². The summed E-state index contributed by atoms with van der Waals surface area (Å²) in [5.74, 6) is 0. The summed E-state index contributed by atoms with van der Waals surface area (Å²) in [4.78, 5) is 13.0. The Hall–Kier alpha value is -1.68. The second kappa shape index (κ2) is 4.70. The fourth-order valence-electron chi connectivity index (χ4n) is 1.30. The van der Waals surface area contributed by atoms with Gasteiger partial charge in [0.25, 0.3) is 0 Å². The Labute approximate surface area is 94.2 Å². The topological polar surface area (TPSA) is 58.4 Å². The Morgan fingerprint density at radius 1 is 1.27 bits per heavy atom. The predicted molar refractivity (Wildman–Crippen MR) is 63.1 cm³/mol. The van der Waals surface area contributed by atoms with Crippen molar-refractivity contribution >= 4 is 29.8 Å².